The second-order valence-corrected chi connectivity index (χ2v) is 10.8. The average Bonchev–Trinajstić information content (AvgIpc) is 3.50. The van der Waals surface area contributed by atoms with Gasteiger partial charge in [0.2, 0.25) is 11.8 Å². The van der Waals surface area contributed by atoms with Crippen molar-refractivity contribution >= 4 is 41.5 Å². The van der Waals surface area contributed by atoms with E-state index in [9.17, 15) is 38.7 Å². The number of aliphatic hydroxyl groups excluding tert-OH is 1. The Bertz CT molecular complexity index is 1070. The molecule has 240 valence electrons. The molecule has 0 spiro atoms. The Morgan fingerprint density at radius 3 is 2.19 bits per heavy atom. The number of amides is 4. The summed E-state index contributed by atoms with van der Waals surface area (Å²) in [6, 6.07) is -1.52. The van der Waals surface area contributed by atoms with E-state index in [4.69, 9.17) is 19.0 Å². The molecular formula is C27H40N4O12. The highest BCUT2D eigenvalue weighted by molar-refractivity contribution is 6.01. The number of carbonyl (C=O) groups is 7. The molecule has 3 rings (SSSR count). The fraction of sp³-hybridized carbons (Fsp3) is 0.741. The van der Waals surface area contributed by atoms with Gasteiger partial charge in [-0.3, -0.25) is 28.8 Å². The van der Waals surface area contributed by atoms with Gasteiger partial charge < -0.3 is 40.1 Å². The highest BCUT2D eigenvalue weighted by Crippen LogP contribution is 2.29. The first-order valence-corrected chi connectivity index (χ1v) is 14.4. The standard InChI is InChI=1S/C27H40N4O12/c1-14(32)30-24-19(7-5-4-6-8-23(38)43-31-21(36)9-10-22(31)37)42-20(13-29-27(39)18-11-17(35)12-28-18)25(40-15(2)33)26(24)41-16(3)34/h17-20,24-26,28,35H,4-13H2,1-3H3,(H,29,39)(H,30,32). The van der Waals surface area contributed by atoms with Crippen LogP contribution in [0, 0.1) is 0 Å². The van der Waals surface area contributed by atoms with Gasteiger partial charge >= 0.3 is 17.9 Å². The maximum Gasteiger partial charge on any atom is 0.333 e. The molecule has 43 heavy (non-hydrogen) atoms. The summed E-state index contributed by atoms with van der Waals surface area (Å²) >= 11 is 0. The molecule has 7 atom stereocenters. The number of carbonyl (C=O) groups excluding carboxylic acids is 7. The maximum absolute atomic E-state index is 12.7. The molecule has 3 fully saturated rings. The number of imide groups is 1. The van der Waals surface area contributed by atoms with Gasteiger partial charge in [0, 0.05) is 53.1 Å². The molecule has 7 unspecified atom stereocenters. The van der Waals surface area contributed by atoms with Crippen LogP contribution in [0.2, 0.25) is 0 Å². The molecule has 4 amide bonds. The summed E-state index contributed by atoms with van der Waals surface area (Å²) in [5.41, 5.74) is 0. The summed E-state index contributed by atoms with van der Waals surface area (Å²) in [4.78, 5) is 89.1. The van der Waals surface area contributed by atoms with Gasteiger partial charge in [0.25, 0.3) is 11.8 Å². The Kier molecular flexibility index (Phi) is 12.4. The van der Waals surface area contributed by atoms with Crippen molar-refractivity contribution in [1.82, 2.24) is 21.0 Å². The first-order chi connectivity index (χ1) is 20.3. The molecule has 0 aromatic carbocycles. The first kappa shape index (κ1) is 33.9. The minimum absolute atomic E-state index is 0.000880. The minimum atomic E-state index is -1.16. The summed E-state index contributed by atoms with van der Waals surface area (Å²) in [5.74, 6) is -4.04. The first-order valence-electron chi connectivity index (χ1n) is 14.4. The van der Waals surface area contributed by atoms with E-state index in [1.54, 1.807) is 0 Å². The lowest BCUT2D eigenvalue weighted by atomic mass is 9.89. The third-order valence-electron chi connectivity index (χ3n) is 7.24. The largest absolute Gasteiger partial charge is 0.456 e. The Morgan fingerprint density at radius 2 is 1.60 bits per heavy atom. The van der Waals surface area contributed by atoms with Crippen LogP contribution in [0.5, 0.6) is 0 Å². The zero-order valence-electron chi connectivity index (χ0n) is 24.5. The number of nitrogens with one attached hydrogen (secondary N) is 3. The van der Waals surface area contributed by atoms with Crippen molar-refractivity contribution < 1.29 is 57.7 Å². The molecule has 3 saturated heterocycles. The fourth-order valence-electron chi connectivity index (χ4n) is 5.34. The predicted molar refractivity (Wildman–Crippen MR) is 143 cm³/mol. The molecule has 16 nitrogen and oxygen atoms in total. The highest BCUT2D eigenvalue weighted by Gasteiger charge is 2.50. The van der Waals surface area contributed by atoms with Crippen molar-refractivity contribution in [3.63, 3.8) is 0 Å². The fourth-order valence-corrected chi connectivity index (χ4v) is 5.34. The van der Waals surface area contributed by atoms with Crippen molar-refractivity contribution in [3.05, 3.63) is 0 Å². The monoisotopic (exact) mass is 612 g/mol. The van der Waals surface area contributed by atoms with E-state index in [0.717, 1.165) is 0 Å². The molecule has 0 saturated carbocycles. The molecule has 0 radical (unpaired) electrons. The number of hydroxylamine groups is 2. The van der Waals surface area contributed by atoms with Gasteiger partial charge in [-0.25, -0.2) is 4.79 Å². The van der Waals surface area contributed by atoms with Gasteiger partial charge in [0.05, 0.1) is 24.3 Å². The number of esters is 2. The lowest BCUT2D eigenvalue weighted by molar-refractivity contribution is -0.215. The van der Waals surface area contributed by atoms with E-state index in [1.807, 2.05) is 0 Å². The van der Waals surface area contributed by atoms with Crippen LogP contribution in [0.4, 0.5) is 0 Å². The molecule has 0 aliphatic carbocycles. The van der Waals surface area contributed by atoms with Gasteiger partial charge in [-0.1, -0.05) is 12.8 Å². The second kappa shape index (κ2) is 15.7. The van der Waals surface area contributed by atoms with E-state index in [0.29, 0.717) is 30.7 Å². The number of rotatable bonds is 13. The summed E-state index contributed by atoms with van der Waals surface area (Å²) in [6.07, 6.45) is -2.76. The molecule has 4 N–H and O–H groups in total. The van der Waals surface area contributed by atoms with E-state index < -0.39 is 84.1 Å². The van der Waals surface area contributed by atoms with Crippen LogP contribution in [0.1, 0.15) is 72.1 Å². The highest BCUT2D eigenvalue weighted by atomic mass is 16.7. The SMILES string of the molecule is CC(=O)NC1C(CCCCCC(=O)ON2C(=O)CCC2=O)OC(CNC(=O)C2CC(O)CN2)C(OC(C)=O)C1OC(C)=O. The van der Waals surface area contributed by atoms with Gasteiger partial charge in [-0.15, -0.1) is 5.06 Å². The summed E-state index contributed by atoms with van der Waals surface area (Å²) in [7, 11) is 0. The molecule has 0 aromatic rings. The number of unbranched alkanes of at least 4 members (excludes halogenated alkanes) is 2. The van der Waals surface area contributed by atoms with Crippen molar-refractivity contribution in [2.45, 2.75) is 115 Å². The van der Waals surface area contributed by atoms with E-state index >= 15 is 0 Å². The van der Waals surface area contributed by atoms with Crippen molar-refractivity contribution in [2.75, 3.05) is 13.1 Å². The Labute approximate surface area is 248 Å². The van der Waals surface area contributed by atoms with Gasteiger partial charge in [-0.05, 0) is 19.3 Å². The van der Waals surface area contributed by atoms with Crippen molar-refractivity contribution in [2.24, 2.45) is 0 Å². The summed E-state index contributed by atoms with van der Waals surface area (Å²) < 4.78 is 17.3. The molecule has 0 bridgehead atoms. The minimum Gasteiger partial charge on any atom is -0.456 e. The van der Waals surface area contributed by atoms with E-state index in [2.05, 4.69) is 16.0 Å². The molecular weight excluding hydrogens is 572 g/mol. The van der Waals surface area contributed by atoms with Gasteiger partial charge in [-0.2, -0.15) is 0 Å². The number of aliphatic hydroxyl groups is 1. The number of β-amino-alcohol motifs (C(OH)–C–C–N with tert-alkyl or cyclic N) is 1. The normalized spacial score (nSPS) is 28.7. The van der Waals surface area contributed by atoms with E-state index in [-0.39, 0.29) is 38.8 Å². The zero-order chi connectivity index (χ0) is 31.7. The second-order valence-electron chi connectivity index (χ2n) is 10.8. The predicted octanol–water partition coefficient (Wildman–Crippen LogP) is -1.48. The number of nitrogens with zero attached hydrogens (tertiary/aromatic N) is 1. The van der Waals surface area contributed by atoms with Gasteiger partial charge in [0.1, 0.15) is 6.10 Å². The van der Waals surface area contributed by atoms with Crippen LogP contribution in [-0.2, 0) is 52.6 Å². The average molecular weight is 613 g/mol. The Hall–Kier alpha value is -3.63. The molecule has 16 heteroatoms. The van der Waals surface area contributed by atoms with Crippen LogP contribution in [0.3, 0.4) is 0 Å². The topological polar surface area (TPSA) is 216 Å². The van der Waals surface area contributed by atoms with Crippen LogP contribution in [0.15, 0.2) is 0 Å². The Morgan fingerprint density at radius 1 is 0.953 bits per heavy atom. The number of ether oxygens (including phenoxy) is 3. The summed E-state index contributed by atoms with van der Waals surface area (Å²) in [6.45, 7) is 3.78. The van der Waals surface area contributed by atoms with Gasteiger partial charge in [0.15, 0.2) is 12.2 Å². The van der Waals surface area contributed by atoms with Crippen LogP contribution >= 0.6 is 0 Å². The third kappa shape index (κ3) is 9.96. The lowest BCUT2D eigenvalue weighted by Gasteiger charge is -2.46. The lowest BCUT2D eigenvalue weighted by Crippen LogP contribution is -2.66. The molecule has 3 heterocycles. The number of hydrogen-bond donors (Lipinski definition) is 4. The number of hydrogen-bond acceptors (Lipinski definition) is 13. The smallest absolute Gasteiger partial charge is 0.333 e. The quantitative estimate of drug-likeness (QED) is 0.106. The van der Waals surface area contributed by atoms with Crippen LogP contribution < -0.4 is 16.0 Å². The van der Waals surface area contributed by atoms with Crippen LogP contribution in [0.25, 0.3) is 0 Å². The molecule has 3 aliphatic rings. The maximum atomic E-state index is 12.7. The van der Waals surface area contributed by atoms with E-state index in [1.165, 1.54) is 20.8 Å². The molecule has 0 aromatic heterocycles. The zero-order valence-corrected chi connectivity index (χ0v) is 24.5. The summed E-state index contributed by atoms with van der Waals surface area (Å²) in [5, 5.41) is 18.6. The Balaban J connectivity index is 1.66. The van der Waals surface area contributed by atoms with Crippen molar-refractivity contribution in [3.8, 4) is 0 Å². The van der Waals surface area contributed by atoms with Crippen molar-refractivity contribution in [1.29, 1.82) is 0 Å². The molecule has 3 aliphatic heterocycles. The third-order valence-corrected chi connectivity index (χ3v) is 7.24. The van der Waals surface area contributed by atoms with Crippen LogP contribution in [-0.4, -0.2) is 107 Å².